The Hall–Kier alpha value is -1.87. The van der Waals surface area contributed by atoms with Gasteiger partial charge in [0.2, 0.25) is 0 Å². The van der Waals surface area contributed by atoms with Gasteiger partial charge in [-0.05, 0) is 56.1 Å². The van der Waals surface area contributed by atoms with Gasteiger partial charge in [-0.3, -0.25) is 0 Å². The van der Waals surface area contributed by atoms with Gasteiger partial charge in [-0.2, -0.15) is 0 Å². The summed E-state index contributed by atoms with van der Waals surface area (Å²) in [5, 5.41) is 0. The molecule has 0 aliphatic heterocycles. The molecule has 2 rings (SSSR count). The molecule has 0 radical (unpaired) electrons. The standard InChI is InChI=1S/C18H23FN2/c1-14(2)21(13-15-6-4-3-5-7-15)18-9-8-17(19)12-16(18)10-11-20/h3-9,12,14H,10-11,13,20H2,1-2H3. The molecule has 0 heterocycles. The zero-order valence-corrected chi connectivity index (χ0v) is 12.7. The van der Waals surface area contributed by atoms with E-state index in [4.69, 9.17) is 5.73 Å². The van der Waals surface area contributed by atoms with E-state index in [1.807, 2.05) is 24.3 Å². The largest absolute Gasteiger partial charge is 0.365 e. The normalized spacial score (nSPS) is 10.9. The lowest BCUT2D eigenvalue weighted by atomic mass is 10.1. The van der Waals surface area contributed by atoms with Crippen LogP contribution in [-0.4, -0.2) is 12.6 Å². The average Bonchev–Trinajstić information content (AvgIpc) is 2.47. The fourth-order valence-corrected chi connectivity index (χ4v) is 2.52. The van der Waals surface area contributed by atoms with Crippen molar-refractivity contribution < 1.29 is 4.39 Å². The Kier molecular flexibility index (Phi) is 5.34. The van der Waals surface area contributed by atoms with Crippen LogP contribution < -0.4 is 10.6 Å². The van der Waals surface area contributed by atoms with Crippen LogP contribution in [0.2, 0.25) is 0 Å². The second-order valence-electron chi connectivity index (χ2n) is 5.52. The highest BCUT2D eigenvalue weighted by Crippen LogP contribution is 2.26. The molecule has 0 aliphatic carbocycles. The molecule has 0 aliphatic rings. The van der Waals surface area contributed by atoms with Crippen LogP contribution in [0.25, 0.3) is 0 Å². The molecule has 0 aromatic heterocycles. The third-order valence-corrected chi connectivity index (χ3v) is 3.58. The van der Waals surface area contributed by atoms with Crippen molar-refractivity contribution in [2.24, 2.45) is 5.73 Å². The first kappa shape index (κ1) is 15.5. The molecule has 3 heteroatoms. The quantitative estimate of drug-likeness (QED) is 0.876. The van der Waals surface area contributed by atoms with Gasteiger partial charge in [0, 0.05) is 18.3 Å². The molecule has 2 nitrogen and oxygen atoms in total. The van der Waals surface area contributed by atoms with Gasteiger partial charge in [-0.25, -0.2) is 4.39 Å². The molecule has 0 bridgehead atoms. The molecule has 2 aromatic carbocycles. The fraction of sp³-hybridized carbons (Fsp3) is 0.333. The summed E-state index contributed by atoms with van der Waals surface area (Å²) < 4.78 is 13.5. The Morgan fingerprint density at radius 3 is 2.43 bits per heavy atom. The van der Waals surface area contributed by atoms with Gasteiger partial charge < -0.3 is 10.6 Å². The predicted molar refractivity (Wildman–Crippen MR) is 86.9 cm³/mol. The van der Waals surface area contributed by atoms with Gasteiger partial charge in [0.1, 0.15) is 5.82 Å². The van der Waals surface area contributed by atoms with E-state index < -0.39 is 0 Å². The maximum Gasteiger partial charge on any atom is 0.123 e. The van der Waals surface area contributed by atoms with E-state index in [2.05, 4.69) is 30.9 Å². The average molecular weight is 286 g/mol. The van der Waals surface area contributed by atoms with Crippen LogP contribution in [0.5, 0.6) is 0 Å². The summed E-state index contributed by atoms with van der Waals surface area (Å²) in [6.07, 6.45) is 0.686. The van der Waals surface area contributed by atoms with Crippen LogP contribution in [0.15, 0.2) is 48.5 Å². The third-order valence-electron chi connectivity index (χ3n) is 3.58. The summed E-state index contributed by atoms with van der Waals surface area (Å²) in [5.41, 5.74) is 8.96. The molecule has 2 aromatic rings. The van der Waals surface area contributed by atoms with Gasteiger partial charge in [0.15, 0.2) is 0 Å². The second-order valence-corrected chi connectivity index (χ2v) is 5.52. The molecule has 0 amide bonds. The highest BCUT2D eigenvalue weighted by atomic mass is 19.1. The molecule has 0 spiro atoms. The zero-order chi connectivity index (χ0) is 15.2. The van der Waals surface area contributed by atoms with Gasteiger partial charge in [-0.1, -0.05) is 30.3 Å². The van der Waals surface area contributed by atoms with Crippen molar-refractivity contribution in [3.05, 3.63) is 65.5 Å². The van der Waals surface area contributed by atoms with Gasteiger partial charge >= 0.3 is 0 Å². The monoisotopic (exact) mass is 286 g/mol. The molecule has 0 saturated heterocycles. The fourth-order valence-electron chi connectivity index (χ4n) is 2.52. The number of hydrogen-bond acceptors (Lipinski definition) is 2. The van der Waals surface area contributed by atoms with Crippen molar-refractivity contribution in [1.29, 1.82) is 0 Å². The van der Waals surface area contributed by atoms with Crippen molar-refractivity contribution in [2.75, 3.05) is 11.4 Å². The maximum absolute atomic E-state index is 13.5. The number of benzene rings is 2. The van der Waals surface area contributed by atoms with Crippen LogP contribution in [0.4, 0.5) is 10.1 Å². The lowest BCUT2D eigenvalue weighted by molar-refractivity contribution is 0.622. The number of anilines is 1. The second kappa shape index (κ2) is 7.23. The van der Waals surface area contributed by atoms with Gasteiger partial charge in [-0.15, -0.1) is 0 Å². The van der Waals surface area contributed by atoms with E-state index in [1.54, 1.807) is 6.07 Å². The van der Waals surface area contributed by atoms with E-state index in [9.17, 15) is 4.39 Å². The topological polar surface area (TPSA) is 29.3 Å². The molecule has 21 heavy (non-hydrogen) atoms. The summed E-state index contributed by atoms with van der Waals surface area (Å²) in [6, 6.07) is 15.6. The third kappa shape index (κ3) is 4.05. The zero-order valence-electron chi connectivity index (χ0n) is 12.7. The van der Waals surface area contributed by atoms with E-state index >= 15 is 0 Å². The summed E-state index contributed by atoms with van der Waals surface area (Å²) in [7, 11) is 0. The smallest absolute Gasteiger partial charge is 0.123 e. The first-order valence-electron chi connectivity index (χ1n) is 7.41. The summed E-state index contributed by atoms with van der Waals surface area (Å²) in [6.45, 7) is 5.63. The molecule has 112 valence electrons. The van der Waals surface area contributed by atoms with Crippen LogP contribution >= 0.6 is 0 Å². The molecule has 0 unspecified atom stereocenters. The van der Waals surface area contributed by atoms with Crippen molar-refractivity contribution >= 4 is 5.69 Å². The molecular formula is C18H23FN2. The van der Waals surface area contributed by atoms with Crippen molar-refractivity contribution in [3.8, 4) is 0 Å². The summed E-state index contributed by atoms with van der Waals surface area (Å²) >= 11 is 0. The van der Waals surface area contributed by atoms with Crippen molar-refractivity contribution in [2.45, 2.75) is 32.9 Å². The van der Waals surface area contributed by atoms with Crippen LogP contribution in [0, 0.1) is 5.82 Å². The minimum Gasteiger partial charge on any atom is -0.365 e. The van der Waals surface area contributed by atoms with Crippen LogP contribution in [0.1, 0.15) is 25.0 Å². The summed E-state index contributed by atoms with van der Waals surface area (Å²) in [4.78, 5) is 2.29. The lowest BCUT2D eigenvalue weighted by Crippen LogP contribution is -2.31. The first-order chi connectivity index (χ1) is 10.1. The van der Waals surface area contributed by atoms with Crippen molar-refractivity contribution in [3.63, 3.8) is 0 Å². The Bertz CT molecular complexity index is 567. The SMILES string of the molecule is CC(C)N(Cc1ccccc1)c1ccc(F)cc1CCN. The van der Waals surface area contributed by atoms with Crippen molar-refractivity contribution in [1.82, 2.24) is 0 Å². The van der Waals surface area contributed by atoms with E-state index in [0.29, 0.717) is 19.0 Å². The Labute approximate surface area is 126 Å². The number of nitrogens with two attached hydrogens (primary N) is 1. The lowest BCUT2D eigenvalue weighted by Gasteiger charge is -2.31. The van der Waals surface area contributed by atoms with Crippen LogP contribution in [-0.2, 0) is 13.0 Å². The van der Waals surface area contributed by atoms with Gasteiger partial charge in [0.05, 0.1) is 0 Å². The first-order valence-corrected chi connectivity index (χ1v) is 7.41. The molecule has 2 N–H and O–H groups in total. The molecular weight excluding hydrogens is 263 g/mol. The van der Waals surface area contributed by atoms with E-state index in [0.717, 1.165) is 17.8 Å². The van der Waals surface area contributed by atoms with E-state index in [1.165, 1.54) is 11.6 Å². The Morgan fingerprint density at radius 1 is 1.10 bits per heavy atom. The number of nitrogens with zero attached hydrogens (tertiary/aromatic N) is 1. The predicted octanol–water partition coefficient (Wildman–Crippen LogP) is 3.74. The number of halogens is 1. The Morgan fingerprint density at radius 2 is 1.81 bits per heavy atom. The highest BCUT2D eigenvalue weighted by molar-refractivity contribution is 5.55. The molecule has 0 atom stereocenters. The van der Waals surface area contributed by atoms with E-state index in [-0.39, 0.29) is 5.82 Å². The molecule has 0 fully saturated rings. The van der Waals surface area contributed by atoms with Gasteiger partial charge in [0.25, 0.3) is 0 Å². The molecule has 0 saturated carbocycles. The highest BCUT2D eigenvalue weighted by Gasteiger charge is 2.15. The number of hydrogen-bond donors (Lipinski definition) is 1. The number of rotatable bonds is 6. The van der Waals surface area contributed by atoms with Crippen LogP contribution in [0.3, 0.4) is 0 Å². The summed E-state index contributed by atoms with van der Waals surface area (Å²) in [5.74, 6) is -0.203. The minimum atomic E-state index is -0.203. The Balaban J connectivity index is 2.34. The maximum atomic E-state index is 13.5. The minimum absolute atomic E-state index is 0.203.